The number of nitrogens with zero attached hydrogens (tertiary/aromatic N) is 2. The minimum absolute atomic E-state index is 0.192. The average molecular weight is 281 g/mol. The highest BCUT2D eigenvalue weighted by molar-refractivity contribution is 8.14. The molecule has 1 amide bonds. The van der Waals surface area contributed by atoms with Crippen LogP contribution in [0.1, 0.15) is 44.9 Å². The molecule has 1 saturated carbocycles. The standard InChI is InChI=1S/C14H23N3OS/c18-12(17-8-4-5-9-17)10-15-13-16-14(11-19-13)6-2-1-3-7-14/h1-11H2,(H,15,16). The first-order valence-corrected chi connectivity index (χ1v) is 8.49. The second-order valence-electron chi connectivity index (χ2n) is 5.96. The molecule has 4 nitrogen and oxygen atoms in total. The van der Waals surface area contributed by atoms with Crippen molar-refractivity contribution >= 4 is 22.8 Å². The first kappa shape index (κ1) is 13.3. The third kappa shape index (κ3) is 3.07. The molecule has 0 aromatic carbocycles. The van der Waals surface area contributed by atoms with E-state index in [9.17, 15) is 4.79 Å². The molecule has 2 heterocycles. The molecule has 0 atom stereocenters. The highest BCUT2D eigenvalue weighted by Crippen LogP contribution is 2.36. The van der Waals surface area contributed by atoms with E-state index in [0.717, 1.165) is 36.9 Å². The van der Waals surface area contributed by atoms with Crippen LogP contribution >= 0.6 is 11.8 Å². The van der Waals surface area contributed by atoms with E-state index in [0.29, 0.717) is 12.1 Å². The number of amides is 1. The number of likely N-dealkylation sites (tertiary alicyclic amines) is 1. The molecule has 5 heteroatoms. The van der Waals surface area contributed by atoms with Crippen molar-refractivity contribution in [3.8, 4) is 0 Å². The van der Waals surface area contributed by atoms with Crippen molar-refractivity contribution in [2.75, 3.05) is 25.4 Å². The van der Waals surface area contributed by atoms with Gasteiger partial charge in [-0.05, 0) is 25.7 Å². The summed E-state index contributed by atoms with van der Waals surface area (Å²) in [5, 5.41) is 4.59. The fourth-order valence-electron chi connectivity index (χ4n) is 3.29. The van der Waals surface area contributed by atoms with Gasteiger partial charge in [0, 0.05) is 24.4 Å². The van der Waals surface area contributed by atoms with Gasteiger partial charge in [-0.2, -0.15) is 0 Å². The van der Waals surface area contributed by atoms with Crippen LogP contribution in [0.2, 0.25) is 0 Å². The molecule has 3 aliphatic rings. The monoisotopic (exact) mass is 281 g/mol. The van der Waals surface area contributed by atoms with Crippen LogP contribution in [0.25, 0.3) is 0 Å². The van der Waals surface area contributed by atoms with Crippen molar-refractivity contribution in [1.29, 1.82) is 0 Å². The normalized spacial score (nSPS) is 28.0. The number of carbonyl (C=O) groups is 1. The number of nitrogens with one attached hydrogen (secondary N) is 1. The van der Waals surface area contributed by atoms with Crippen LogP contribution in [0.4, 0.5) is 0 Å². The summed E-state index contributed by atoms with van der Waals surface area (Å²) < 4.78 is 0. The van der Waals surface area contributed by atoms with Crippen molar-refractivity contribution in [2.45, 2.75) is 50.5 Å². The van der Waals surface area contributed by atoms with Gasteiger partial charge in [-0.25, -0.2) is 0 Å². The predicted molar refractivity (Wildman–Crippen MR) is 79.5 cm³/mol. The van der Waals surface area contributed by atoms with Crippen LogP contribution in [-0.2, 0) is 4.79 Å². The Kier molecular flexibility index (Phi) is 4.01. The quantitative estimate of drug-likeness (QED) is 0.842. The van der Waals surface area contributed by atoms with Crippen LogP contribution in [0.15, 0.2) is 4.99 Å². The Balaban J connectivity index is 1.52. The molecule has 0 radical (unpaired) electrons. The summed E-state index contributed by atoms with van der Waals surface area (Å²) >= 11 is 1.80. The molecule has 2 aliphatic heterocycles. The topological polar surface area (TPSA) is 44.7 Å². The number of rotatable bonds is 2. The maximum absolute atomic E-state index is 12.0. The zero-order chi connectivity index (χ0) is 13.1. The Bertz CT molecular complexity index is 371. The first-order chi connectivity index (χ1) is 9.27. The summed E-state index contributed by atoms with van der Waals surface area (Å²) in [4.78, 5) is 18.4. The third-order valence-electron chi connectivity index (χ3n) is 4.48. The number of hydrogen-bond acceptors (Lipinski definition) is 3. The second-order valence-corrected chi connectivity index (χ2v) is 6.93. The maximum atomic E-state index is 12.0. The summed E-state index contributed by atoms with van der Waals surface area (Å²) in [5.41, 5.74) is 0.290. The smallest absolute Gasteiger partial charge is 0.244 e. The van der Waals surface area contributed by atoms with E-state index in [4.69, 9.17) is 0 Å². The number of hydrogen-bond donors (Lipinski definition) is 1. The molecule has 1 aliphatic carbocycles. The van der Waals surface area contributed by atoms with Gasteiger partial charge in [-0.3, -0.25) is 9.79 Å². The number of amidine groups is 1. The molecule has 1 spiro atoms. The molecule has 106 valence electrons. The molecular formula is C14H23N3OS. The predicted octanol–water partition coefficient (Wildman–Crippen LogP) is 2.00. The van der Waals surface area contributed by atoms with Gasteiger partial charge in [0.05, 0.1) is 0 Å². The molecule has 0 aromatic rings. The van der Waals surface area contributed by atoms with E-state index in [1.807, 2.05) is 4.90 Å². The minimum Gasteiger partial charge on any atom is -0.359 e. The van der Waals surface area contributed by atoms with E-state index in [1.165, 1.54) is 32.1 Å². The lowest BCUT2D eigenvalue weighted by molar-refractivity contribution is -0.128. The third-order valence-corrected chi connectivity index (χ3v) is 5.69. The number of carbonyl (C=O) groups excluding carboxylic acids is 1. The lowest BCUT2D eigenvalue weighted by Gasteiger charge is -2.32. The summed E-state index contributed by atoms with van der Waals surface area (Å²) in [6.07, 6.45) is 8.85. The molecule has 0 bridgehead atoms. The lowest BCUT2D eigenvalue weighted by atomic mass is 9.83. The molecule has 3 rings (SSSR count). The van der Waals surface area contributed by atoms with Crippen molar-refractivity contribution in [2.24, 2.45) is 4.99 Å². The van der Waals surface area contributed by atoms with Crippen molar-refractivity contribution in [1.82, 2.24) is 10.2 Å². The van der Waals surface area contributed by atoms with Crippen molar-refractivity contribution in [3.63, 3.8) is 0 Å². The highest BCUT2D eigenvalue weighted by atomic mass is 32.2. The minimum atomic E-state index is 0.192. The van der Waals surface area contributed by atoms with E-state index in [-0.39, 0.29) is 5.91 Å². The molecule has 0 aromatic heterocycles. The first-order valence-electron chi connectivity index (χ1n) is 7.51. The second kappa shape index (κ2) is 5.73. The Morgan fingerprint density at radius 2 is 1.95 bits per heavy atom. The van der Waals surface area contributed by atoms with Crippen LogP contribution in [0, 0.1) is 0 Å². The Labute approximate surface area is 119 Å². The fourth-order valence-corrected chi connectivity index (χ4v) is 4.51. The van der Waals surface area contributed by atoms with Gasteiger partial charge >= 0.3 is 0 Å². The summed E-state index contributed by atoms with van der Waals surface area (Å²) in [5.74, 6) is 1.32. The van der Waals surface area contributed by atoms with Gasteiger partial charge in [0.2, 0.25) is 5.91 Å². The van der Waals surface area contributed by atoms with Gasteiger partial charge < -0.3 is 10.2 Å². The Morgan fingerprint density at radius 1 is 1.21 bits per heavy atom. The van der Waals surface area contributed by atoms with E-state index >= 15 is 0 Å². The van der Waals surface area contributed by atoms with Gasteiger partial charge in [0.1, 0.15) is 6.54 Å². The molecule has 19 heavy (non-hydrogen) atoms. The largest absolute Gasteiger partial charge is 0.359 e. The number of thioether (sulfide) groups is 1. The summed E-state index contributed by atoms with van der Waals surface area (Å²) in [7, 11) is 0. The van der Waals surface area contributed by atoms with Crippen LogP contribution in [0.3, 0.4) is 0 Å². The highest BCUT2D eigenvalue weighted by Gasteiger charge is 2.38. The van der Waals surface area contributed by atoms with Gasteiger partial charge in [0.25, 0.3) is 0 Å². The summed E-state index contributed by atoms with van der Waals surface area (Å²) in [6, 6.07) is 0. The zero-order valence-electron chi connectivity index (χ0n) is 11.5. The van der Waals surface area contributed by atoms with E-state index in [2.05, 4.69) is 10.3 Å². The van der Waals surface area contributed by atoms with Crippen LogP contribution in [0.5, 0.6) is 0 Å². The Hall–Kier alpha value is -0.710. The van der Waals surface area contributed by atoms with Gasteiger partial charge in [-0.1, -0.05) is 31.0 Å². The average Bonchev–Trinajstić information content (AvgIpc) is 3.08. The lowest BCUT2D eigenvalue weighted by Crippen LogP contribution is -2.45. The van der Waals surface area contributed by atoms with Gasteiger partial charge in [-0.15, -0.1) is 0 Å². The SMILES string of the molecule is O=C(CN=C1NC2(CCCCC2)CS1)N1CCCC1. The van der Waals surface area contributed by atoms with E-state index < -0.39 is 0 Å². The molecular weight excluding hydrogens is 258 g/mol. The van der Waals surface area contributed by atoms with Crippen LogP contribution < -0.4 is 5.32 Å². The maximum Gasteiger partial charge on any atom is 0.244 e. The molecule has 3 fully saturated rings. The van der Waals surface area contributed by atoms with E-state index in [1.54, 1.807) is 11.8 Å². The number of aliphatic imine (C=N–C) groups is 1. The fraction of sp³-hybridized carbons (Fsp3) is 0.857. The van der Waals surface area contributed by atoms with Gasteiger partial charge in [0.15, 0.2) is 5.17 Å². The van der Waals surface area contributed by atoms with Crippen molar-refractivity contribution < 1.29 is 4.79 Å². The molecule has 2 saturated heterocycles. The van der Waals surface area contributed by atoms with Crippen LogP contribution in [-0.4, -0.2) is 46.9 Å². The Morgan fingerprint density at radius 3 is 2.68 bits per heavy atom. The van der Waals surface area contributed by atoms with Crippen molar-refractivity contribution in [3.05, 3.63) is 0 Å². The molecule has 1 N–H and O–H groups in total. The zero-order valence-corrected chi connectivity index (χ0v) is 12.3. The molecule has 0 unspecified atom stereocenters. The summed E-state index contributed by atoms with van der Waals surface area (Å²) in [6.45, 7) is 2.17.